The Balaban J connectivity index is 1.86. The number of ether oxygens (including phenoxy) is 1. The van der Waals surface area contributed by atoms with Gasteiger partial charge < -0.3 is 19.9 Å². The lowest BCUT2D eigenvalue weighted by atomic mass is 10.1. The van der Waals surface area contributed by atoms with Crippen molar-refractivity contribution < 1.29 is 9.53 Å². The second-order valence-electron chi connectivity index (χ2n) is 8.06. The fraction of sp³-hybridized carbons (Fsp3) is 0.455. The van der Waals surface area contributed by atoms with Crippen LogP contribution in [-0.4, -0.2) is 45.5 Å². The molecule has 2 aromatic rings. The summed E-state index contributed by atoms with van der Waals surface area (Å²) >= 11 is 0. The van der Waals surface area contributed by atoms with E-state index < -0.39 is 11.7 Å². The van der Waals surface area contributed by atoms with Crippen molar-refractivity contribution in [1.82, 2.24) is 25.4 Å². The van der Waals surface area contributed by atoms with E-state index in [1.54, 1.807) is 6.08 Å². The van der Waals surface area contributed by atoms with Crippen molar-refractivity contribution in [3.05, 3.63) is 54.1 Å². The van der Waals surface area contributed by atoms with E-state index in [2.05, 4.69) is 37.7 Å². The third kappa shape index (κ3) is 8.49. The Morgan fingerprint density at radius 1 is 1.23 bits per heavy atom. The second kappa shape index (κ2) is 11.1. The largest absolute Gasteiger partial charge is 0.444 e. The number of aliphatic imine (C=N–C) groups is 1. The first kappa shape index (κ1) is 23.9. The summed E-state index contributed by atoms with van der Waals surface area (Å²) in [6.07, 6.45) is 2.11. The van der Waals surface area contributed by atoms with Crippen LogP contribution in [0.25, 0.3) is 0 Å². The van der Waals surface area contributed by atoms with Crippen LogP contribution in [0.2, 0.25) is 0 Å². The molecule has 0 aliphatic heterocycles. The van der Waals surface area contributed by atoms with Gasteiger partial charge in [0.15, 0.2) is 11.8 Å². The standard InChI is InChI=1S/C22H33N7O2/c1-7-13-23-20(25-15-19-28-27-16(2)29(19)6)24-14-12-17-8-10-18(11-9-17)26-21(30)31-22(3,4)5/h7-11H,1,12-15H2,2-6H3,(H,26,30)(H2,23,24,25). The highest BCUT2D eigenvalue weighted by molar-refractivity contribution is 5.84. The molecule has 1 aromatic carbocycles. The predicted octanol–water partition coefficient (Wildman–Crippen LogP) is 2.93. The number of hydrogen-bond acceptors (Lipinski definition) is 5. The molecule has 0 atom stereocenters. The number of benzene rings is 1. The van der Waals surface area contributed by atoms with E-state index in [4.69, 9.17) is 4.74 Å². The minimum absolute atomic E-state index is 0.425. The molecule has 1 aromatic heterocycles. The van der Waals surface area contributed by atoms with Gasteiger partial charge in [0.25, 0.3) is 0 Å². The van der Waals surface area contributed by atoms with E-state index in [0.717, 1.165) is 23.6 Å². The lowest BCUT2D eigenvalue weighted by Crippen LogP contribution is -2.38. The quantitative estimate of drug-likeness (QED) is 0.340. The smallest absolute Gasteiger partial charge is 0.412 e. The Morgan fingerprint density at radius 2 is 1.94 bits per heavy atom. The summed E-state index contributed by atoms with van der Waals surface area (Å²) in [5.41, 5.74) is 1.30. The maximum atomic E-state index is 11.9. The van der Waals surface area contributed by atoms with E-state index in [9.17, 15) is 4.79 Å². The minimum atomic E-state index is -0.528. The molecule has 0 unspecified atom stereocenters. The monoisotopic (exact) mass is 427 g/mol. The molecule has 0 bridgehead atoms. The zero-order chi connectivity index (χ0) is 22.9. The van der Waals surface area contributed by atoms with Gasteiger partial charge in [-0.05, 0) is 51.8 Å². The van der Waals surface area contributed by atoms with Gasteiger partial charge in [-0.3, -0.25) is 5.32 Å². The molecule has 9 heteroatoms. The molecule has 0 fully saturated rings. The first-order valence-corrected chi connectivity index (χ1v) is 10.2. The molecule has 0 radical (unpaired) electrons. The number of aryl methyl sites for hydroxylation is 1. The number of anilines is 1. The zero-order valence-electron chi connectivity index (χ0n) is 19.0. The normalized spacial score (nSPS) is 11.7. The molecule has 0 saturated heterocycles. The van der Waals surface area contributed by atoms with Crippen LogP contribution in [0.1, 0.15) is 38.0 Å². The summed E-state index contributed by atoms with van der Waals surface area (Å²) < 4.78 is 7.18. The fourth-order valence-corrected chi connectivity index (χ4v) is 2.58. The van der Waals surface area contributed by atoms with Gasteiger partial charge in [0.1, 0.15) is 18.0 Å². The highest BCUT2D eigenvalue weighted by atomic mass is 16.6. The molecule has 1 heterocycles. The van der Waals surface area contributed by atoms with Crippen molar-refractivity contribution in [2.24, 2.45) is 12.0 Å². The van der Waals surface area contributed by atoms with Crippen molar-refractivity contribution in [3.8, 4) is 0 Å². The van der Waals surface area contributed by atoms with Gasteiger partial charge in [-0.15, -0.1) is 16.8 Å². The number of nitrogens with zero attached hydrogens (tertiary/aromatic N) is 4. The van der Waals surface area contributed by atoms with Crippen LogP contribution in [0.5, 0.6) is 0 Å². The second-order valence-corrected chi connectivity index (χ2v) is 8.06. The van der Waals surface area contributed by atoms with Crippen LogP contribution >= 0.6 is 0 Å². The van der Waals surface area contributed by atoms with Gasteiger partial charge in [0.2, 0.25) is 0 Å². The van der Waals surface area contributed by atoms with Gasteiger partial charge in [-0.1, -0.05) is 18.2 Å². The number of amides is 1. The van der Waals surface area contributed by atoms with Gasteiger partial charge in [-0.2, -0.15) is 0 Å². The SMILES string of the molecule is C=CCNC(=NCc1nnc(C)n1C)NCCc1ccc(NC(=O)OC(C)(C)C)cc1. The van der Waals surface area contributed by atoms with E-state index in [1.807, 2.05) is 63.6 Å². The zero-order valence-corrected chi connectivity index (χ0v) is 19.0. The Bertz CT molecular complexity index is 896. The van der Waals surface area contributed by atoms with Gasteiger partial charge >= 0.3 is 6.09 Å². The number of hydrogen-bond donors (Lipinski definition) is 3. The maximum absolute atomic E-state index is 11.9. The number of guanidine groups is 1. The average Bonchev–Trinajstić information content (AvgIpc) is 3.01. The Morgan fingerprint density at radius 3 is 2.52 bits per heavy atom. The number of aromatic nitrogens is 3. The molecule has 1 amide bonds. The molecule has 168 valence electrons. The molecular weight excluding hydrogens is 394 g/mol. The van der Waals surface area contributed by atoms with E-state index >= 15 is 0 Å². The molecule has 0 saturated carbocycles. The number of rotatable bonds is 8. The van der Waals surface area contributed by atoms with Gasteiger partial charge in [-0.25, -0.2) is 9.79 Å². The summed E-state index contributed by atoms with van der Waals surface area (Å²) in [7, 11) is 1.92. The number of carbonyl (C=O) groups is 1. The van der Waals surface area contributed by atoms with Crippen LogP contribution in [0.4, 0.5) is 10.5 Å². The summed E-state index contributed by atoms with van der Waals surface area (Å²) in [5.74, 6) is 2.33. The predicted molar refractivity (Wildman–Crippen MR) is 123 cm³/mol. The van der Waals surface area contributed by atoms with Crippen LogP contribution in [0.3, 0.4) is 0 Å². The Labute approximate surface area is 184 Å². The van der Waals surface area contributed by atoms with Crippen molar-refractivity contribution >= 4 is 17.7 Å². The number of carbonyl (C=O) groups excluding carboxylic acids is 1. The molecular formula is C22H33N7O2. The van der Waals surface area contributed by atoms with E-state index in [1.165, 1.54) is 0 Å². The molecule has 9 nitrogen and oxygen atoms in total. The van der Waals surface area contributed by atoms with Crippen molar-refractivity contribution in [2.75, 3.05) is 18.4 Å². The van der Waals surface area contributed by atoms with Crippen LogP contribution in [-0.2, 0) is 24.8 Å². The number of nitrogens with one attached hydrogen (secondary N) is 3. The highest BCUT2D eigenvalue weighted by Crippen LogP contribution is 2.13. The lowest BCUT2D eigenvalue weighted by Gasteiger charge is -2.19. The minimum Gasteiger partial charge on any atom is -0.444 e. The maximum Gasteiger partial charge on any atom is 0.412 e. The topological polar surface area (TPSA) is 105 Å². The molecule has 3 N–H and O–H groups in total. The van der Waals surface area contributed by atoms with Crippen molar-refractivity contribution in [2.45, 2.75) is 46.3 Å². The third-order valence-corrected chi connectivity index (χ3v) is 4.28. The Kier molecular flexibility index (Phi) is 8.60. The van der Waals surface area contributed by atoms with Crippen molar-refractivity contribution in [3.63, 3.8) is 0 Å². The fourth-order valence-electron chi connectivity index (χ4n) is 2.58. The third-order valence-electron chi connectivity index (χ3n) is 4.28. The molecule has 0 aliphatic carbocycles. The van der Waals surface area contributed by atoms with E-state index in [0.29, 0.717) is 31.3 Å². The van der Waals surface area contributed by atoms with Crippen LogP contribution in [0.15, 0.2) is 41.9 Å². The summed E-state index contributed by atoms with van der Waals surface area (Å²) in [6.45, 7) is 12.9. The summed E-state index contributed by atoms with van der Waals surface area (Å²) in [5, 5.41) is 17.4. The molecule has 0 spiro atoms. The molecule has 0 aliphatic rings. The lowest BCUT2D eigenvalue weighted by molar-refractivity contribution is 0.0636. The molecule has 2 rings (SSSR count). The summed E-state index contributed by atoms with van der Waals surface area (Å²) in [4.78, 5) is 16.4. The Hall–Kier alpha value is -3.36. The van der Waals surface area contributed by atoms with Crippen LogP contribution < -0.4 is 16.0 Å². The first-order chi connectivity index (χ1) is 14.7. The first-order valence-electron chi connectivity index (χ1n) is 10.2. The summed E-state index contributed by atoms with van der Waals surface area (Å²) in [6, 6.07) is 7.68. The van der Waals surface area contributed by atoms with Crippen LogP contribution in [0, 0.1) is 6.92 Å². The van der Waals surface area contributed by atoms with Gasteiger partial charge in [0, 0.05) is 25.8 Å². The average molecular weight is 428 g/mol. The van der Waals surface area contributed by atoms with Crippen molar-refractivity contribution in [1.29, 1.82) is 0 Å². The molecule has 31 heavy (non-hydrogen) atoms. The van der Waals surface area contributed by atoms with E-state index in [-0.39, 0.29) is 0 Å². The highest BCUT2D eigenvalue weighted by Gasteiger charge is 2.16. The van der Waals surface area contributed by atoms with Gasteiger partial charge in [0.05, 0.1) is 0 Å².